The molecule has 2 rings (SSSR count). The van der Waals surface area contributed by atoms with Gasteiger partial charge < -0.3 is 0 Å². The van der Waals surface area contributed by atoms with Crippen LogP contribution in [-0.2, 0) is 11.2 Å². The van der Waals surface area contributed by atoms with Crippen LogP contribution in [-0.4, -0.2) is 5.78 Å². The van der Waals surface area contributed by atoms with Crippen molar-refractivity contribution in [2.24, 2.45) is 5.92 Å². The van der Waals surface area contributed by atoms with Crippen LogP contribution in [0.4, 0.5) is 4.39 Å². The normalized spacial score (nSPS) is 17.4. The van der Waals surface area contributed by atoms with Crippen LogP contribution in [0.25, 0.3) is 0 Å². The zero-order chi connectivity index (χ0) is 13.0. The molecule has 1 nitrogen and oxygen atoms in total. The Kier molecular flexibility index (Phi) is 4.76. The average Bonchev–Trinajstić information content (AvgIpc) is 2.62. The number of halogens is 2. The predicted octanol–water partition coefficient (Wildman–Crippen LogP) is 4.56. The van der Waals surface area contributed by atoms with Crippen molar-refractivity contribution >= 4 is 17.4 Å². The number of Topliss-reactive ketones (excluding diaryl/α,β-unsaturated/α-hetero) is 1. The van der Waals surface area contributed by atoms with Crippen molar-refractivity contribution in [3.05, 3.63) is 34.6 Å². The molecule has 1 fully saturated rings. The highest BCUT2D eigenvalue weighted by atomic mass is 35.5. The summed E-state index contributed by atoms with van der Waals surface area (Å²) >= 11 is 5.95. The fourth-order valence-electron chi connectivity index (χ4n) is 2.62. The quantitative estimate of drug-likeness (QED) is 0.735. The molecular weight excluding hydrogens is 251 g/mol. The van der Waals surface area contributed by atoms with Crippen LogP contribution in [0.5, 0.6) is 0 Å². The number of hydrogen-bond donors (Lipinski definition) is 0. The molecule has 0 spiro atoms. The van der Waals surface area contributed by atoms with E-state index in [9.17, 15) is 9.18 Å². The SMILES string of the molecule is O=C(Cc1c(F)cccc1Cl)C1CCCCCC1. The lowest BCUT2D eigenvalue weighted by atomic mass is 9.91. The highest BCUT2D eigenvalue weighted by molar-refractivity contribution is 6.31. The van der Waals surface area contributed by atoms with E-state index in [0.717, 1.165) is 25.7 Å². The van der Waals surface area contributed by atoms with E-state index in [4.69, 9.17) is 11.6 Å². The zero-order valence-electron chi connectivity index (χ0n) is 10.4. The number of ketones is 1. The van der Waals surface area contributed by atoms with Gasteiger partial charge in [0.2, 0.25) is 0 Å². The fourth-order valence-corrected chi connectivity index (χ4v) is 2.85. The van der Waals surface area contributed by atoms with Gasteiger partial charge in [-0.1, -0.05) is 43.4 Å². The van der Waals surface area contributed by atoms with Crippen LogP contribution < -0.4 is 0 Å². The van der Waals surface area contributed by atoms with Gasteiger partial charge in [0.25, 0.3) is 0 Å². The van der Waals surface area contributed by atoms with Gasteiger partial charge in [-0.3, -0.25) is 4.79 Å². The van der Waals surface area contributed by atoms with Crippen LogP contribution in [0.3, 0.4) is 0 Å². The highest BCUT2D eigenvalue weighted by Gasteiger charge is 2.22. The number of hydrogen-bond acceptors (Lipinski definition) is 1. The maximum Gasteiger partial charge on any atom is 0.140 e. The van der Waals surface area contributed by atoms with Crippen LogP contribution >= 0.6 is 11.6 Å². The summed E-state index contributed by atoms with van der Waals surface area (Å²) in [5, 5.41) is 0.358. The molecule has 18 heavy (non-hydrogen) atoms. The topological polar surface area (TPSA) is 17.1 Å². The third-order valence-corrected chi connectivity index (χ3v) is 4.08. The average molecular weight is 269 g/mol. The highest BCUT2D eigenvalue weighted by Crippen LogP contribution is 2.27. The van der Waals surface area contributed by atoms with Gasteiger partial charge in [0, 0.05) is 22.9 Å². The molecule has 1 aromatic carbocycles. The molecule has 3 heteroatoms. The first kappa shape index (κ1) is 13.5. The second kappa shape index (κ2) is 6.33. The molecule has 0 amide bonds. The molecule has 0 bridgehead atoms. The van der Waals surface area contributed by atoms with Crippen molar-refractivity contribution in [2.45, 2.75) is 44.9 Å². The first-order valence-electron chi connectivity index (χ1n) is 6.64. The monoisotopic (exact) mass is 268 g/mol. The largest absolute Gasteiger partial charge is 0.299 e. The van der Waals surface area contributed by atoms with Crippen LogP contribution in [0.15, 0.2) is 18.2 Å². The third-order valence-electron chi connectivity index (χ3n) is 3.72. The minimum Gasteiger partial charge on any atom is -0.299 e. The molecule has 0 radical (unpaired) electrons. The predicted molar refractivity (Wildman–Crippen MR) is 71.3 cm³/mol. The van der Waals surface area contributed by atoms with Crippen LogP contribution in [0, 0.1) is 11.7 Å². The molecule has 0 heterocycles. The van der Waals surface area contributed by atoms with Gasteiger partial charge in [-0.2, -0.15) is 0 Å². The third kappa shape index (κ3) is 3.32. The Morgan fingerprint density at radius 1 is 1.22 bits per heavy atom. The number of carbonyl (C=O) groups excluding carboxylic acids is 1. The smallest absolute Gasteiger partial charge is 0.140 e. The summed E-state index contributed by atoms with van der Waals surface area (Å²) in [5.74, 6) is -0.128. The zero-order valence-corrected chi connectivity index (χ0v) is 11.2. The number of benzene rings is 1. The lowest BCUT2D eigenvalue weighted by Crippen LogP contribution is -2.17. The van der Waals surface area contributed by atoms with Crippen molar-refractivity contribution < 1.29 is 9.18 Å². The first-order valence-corrected chi connectivity index (χ1v) is 7.02. The van der Waals surface area contributed by atoms with Gasteiger partial charge in [-0.05, 0) is 25.0 Å². The minimum absolute atomic E-state index is 0.100. The maximum atomic E-state index is 13.6. The minimum atomic E-state index is -0.371. The molecule has 0 atom stereocenters. The molecule has 1 aromatic rings. The van der Waals surface area contributed by atoms with Crippen molar-refractivity contribution in [3.8, 4) is 0 Å². The van der Waals surface area contributed by atoms with Crippen molar-refractivity contribution in [1.29, 1.82) is 0 Å². The van der Waals surface area contributed by atoms with Crippen molar-refractivity contribution in [2.75, 3.05) is 0 Å². The van der Waals surface area contributed by atoms with E-state index < -0.39 is 0 Å². The van der Waals surface area contributed by atoms with Gasteiger partial charge >= 0.3 is 0 Å². The molecule has 1 saturated carbocycles. The van der Waals surface area contributed by atoms with Crippen molar-refractivity contribution in [3.63, 3.8) is 0 Å². The van der Waals surface area contributed by atoms with E-state index in [2.05, 4.69) is 0 Å². The Morgan fingerprint density at radius 2 is 1.89 bits per heavy atom. The van der Waals surface area contributed by atoms with Gasteiger partial charge in [0.15, 0.2) is 0 Å². The molecule has 0 saturated heterocycles. The molecule has 0 N–H and O–H groups in total. The van der Waals surface area contributed by atoms with Crippen LogP contribution in [0.1, 0.15) is 44.1 Å². The van der Waals surface area contributed by atoms with E-state index in [1.807, 2.05) is 0 Å². The Balaban J connectivity index is 2.06. The Hall–Kier alpha value is -0.890. The van der Waals surface area contributed by atoms with Gasteiger partial charge in [-0.25, -0.2) is 4.39 Å². The van der Waals surface area contributed by atoms with E-state index in [1.165, 1.54) is 18.9 Å². The van der Waals surface area contributed by atoms with Gasteiger partial charge in [0.05, 0.1) is 0 Å². The fraction of sp³-hybridized carbons (Fsp3) is 0.533. The summed E-state index contributed by atoms with van der Waals surface area (Å²) in [6, 6.07) is 4.57. The summed E-state index contributed by atoms with van der Waals surface area (Å²) in [6.07, 6.45) is 6.68. The Bertz CT molecular complexity index is 402. The van der Waals surface area contributed by atoms with E-state index in [-0.39, 0.29) is 23.9 Å². The molecular formula is C15H18ClFO. The second-order valence-corrected chi connectivity index (χ2v) is 5.44. The Labute approximate surface area is 112 Å². The molecule has 0 unspecified atom stereocenters. The molecule has 1 aliphatic rings. The molecule has 0 aromatic heterocycles. The first-order chi connectivity index (χ1) is 8.68. The maximum absolute atomic E-state index is 13.6. The number of rotatable bonds is 3. The molecule has 1 aliphatic carbocycles. The van der Waals surface area contributed by atoms with Gasteiger partial charge in [0.1, 0.15) is 11.6 Å². The van der Waals surface area contributed by atoms with E-state index >= 15 is 0 Å². The van der Waals surface area contributed by atoms with Crippen molar-refractivity contribution in [1.82, 2.24) is 0 Å². The van der Waals surface area contributed by atoms with Crippen LogP contribution in [0.2, 0.25) is 5.02 Å². The summed E-state index contributed by atoms with van der Waals surface area (Å²) in [5.41, 5.74) is 0.355. The number of carbonyl (C=O) groups is 1. The molecule has 98 valence electrons. The lowest BCUT2D eigenvalue weighted by molar-refractivity contribution is -0.122. The summed E-state index contributed by atoms with van der Waals surface area (Å²) in [7, 11) is 0. The van der Waals surface area contributed by atoms with E-state index in [1.54, 1.807) is 12.1 Å². The standard InChI is InChI=1S/C15H18ClFO/c16-13-8-5-9-14(17)12(13)10-15(18)11-6-3-1-2-4-7-11/h5,8-9,11H,1-4,6-7,10H2. The van der Waals surface area contributed by atoms with E-state index in [0.29, 0.717) is 10.6 Å². The molecule has 0 aliphatic heterocycles. The summed E-state index contributed by atoms with van der Waals surface area (Å²) < 4.78 is 13.6. The Morgan fingerprint density at radius 3 is 2.50 bits per heavy atom. The summed E-state index contributed by atoms with van der Waals surface area (Å²) in [4.78, 5) is 12.2. The second-order valence-electron chi connectivity index (χ2n) is 5.03. The van der Waals surface area contributed by atoms with Gasteiger partial charge in [-0.15, -0.1) is 0 Å². The lowest BCUT2D eigenvalue weighted by Gasteiger charge is -2.13. The summed E-state index contributed by atoms with van der Waals surface area (Å²) in [6.45, 7) is 0.